The molecule has 0 N–H and O–H groups in total. The molecule has 4 aromatic rings. The highest BCUT2D eigenvalue weighted by molar-refractivity contribution is 6.01. The molecule has 142 valence electrons. The highest BCUT2D eigenvalue weighted by Gasteiger charge is 2.12. The molecule has 0 aliphatic carbocycles. The van der Waals surface area contributed by atoms with Crippen molar-refractivity contribution in [2.45, 2.75) is 6.92 Å². The number of carbonyl (C=O) groups is 1. The van der Waals surface area contributed by atoms with Crippen molar-refractivity contribution in [3.63, 3.8) is 0 Å². The molecule has 4 rings (SSSR count). The minimum Gasteiger partial charge on any atom is -0.457 e. The maximum atomic E-state index is 12.3. The fourth-order valence-electron chi connectivity index (χ4n) is 3.08. The Morgan fingerprint density at radius 3 is 1.62 bits per heavy atom. The fraction of sp³-hybridized carbons (Fsp3) is 0.0385. The van der Waals surface area contributed by atoms with E-state index in [1.54, 1.807) is 13.0 Å². The Morgan fingerprint density at radius 1 is 0.586 bits per heavy atom. The maximum absolute atomic E-state index is 12.3. The van der Waals surface area contributed by atoms with Crippen molar-refractivity contribution in [3.05, 3.63) is 109 Å². The quantitative estimate of drug-likeness (QED) is 0.333. The molecule has 0 aliphatic heterocycles. The summed E-state index contributed by atoms with van der Waals surface area (Å²) in [5, 5.41) is 0. The van der Waals surface area contributed by atoms with Gasteiger partial charge in [-0.15, -0.1) is 0 Å². The first-order valence-corrected chi connectivity index (χ1v) is 9.40. The Labute approximate surface area is 170 Å². The van der Waals surface area contributed by atoms with E-state index in [1.807, 2.05) is 97.1 Å². The van der Waals surface area contributed by atoms with Crippen LogP contribution in [0.4, 0.5) is 0 Å². The van der Waals surface area contributed by atoms with E-state index in [9.17, 15) is 4.79 Å². The van der Waals surface area contributed by atoms with Gasteiger partial charge in [-0.25, -0.2) is 0 Å². The predicted octanol–water partition coefficient (Wildman–Crippen LogP) is 7.14. The molecule has 0 amide bonds. The summed E-state index contributed by atoms with van der Waals surface area (Å²) in [6.07, 6.45) is 0. The first-order valence-electron chi connectivity index (χ1n) is 9.40. The van der Waals surface area contributed by atoms with Crippen molar-refractivity contribution < 1.29 is 14.3 Å². The summed E-state index contributed by atoms with van der Waals surface area (Å²) < 4.78 is 11.7. The average molecular weight is 380 g/mol. The van der Waals surface area contributed by atoms with Crippen LogP contribution in [0.15, 0.2) is 103 Å². The molecule has 0 spiro atoms. The molecule has 0 saturated heterocycles. The smallest absolute Gasteiger partial charge is 0.160 e. The molecular weight excluding hydrogens is 360 g/mol. The van der Waals surface area contributed by atoms with E-state index in [4.69, 9.17) is 9.47 Å². The third kappa shape index (κ3) is 4.53. The van der Waals surface area contributed by atoms with Gasteiger partial charge in [0.15, 0.2) is 5.78 Å². The second-order valence-electron chi connectivity index (χ2n) is 6.62. The number of Topliss-reactive ketones (excluding diaryl/α,β-unsaturated/α-hetero) is 1. The number of para-hydroxylation sites is 2. The van der Waals surface area contributed by atoms with Crippen molar-refractivity contribution in [2.75, 3.05) is 0 Å². The number of rotatable bonds is 6. The van der Waals surface area contributed by atoms with Crippen LogP contribution in [0.25, 0.3) is 11.1 Å². The van der Waals surface area contributed by atoms with Gasteiger partial charge in [-0.05, 0) is 72.6 Å². The summed E-state index contributed by atoms with van der Waals surface area (Å²) in [6.45, 7) is 1.57. The lowest BCUT2D eigenvalue weighted by Crippen LogP contribution is -1.97. The van der Waals surface area contributed by atoms with Gasteiger partial charge in [-0.2, -0.15) is 0 Å². The number of hydrogen-bond donors (Lipinski definition) is 0. The van der Waals surface area contributed by atoms with Crippen LogP contribution >= 0.6 is 0 Å². The van der Waals surface area contributed by atoms with Crippen LogP contribution in [0, 0.1) is 0 Å². The number of carbonyl (C=O) groups excluding carboxylic acids is 1. The van der Waals surface area contributed by atoms with E-state index in [2.05, 4.69) is 0 Å². The average Bonchev–Trinajstić information content (AvgIpc) is 2.76. The summed E-state index contributed by atoms with van der Waals surface area (Å²) in [5.41, 5.74) is 2.43. The molecule has 0 fully saturated rings. The van der Waals surface area contributed by atoms with E-state index in [0.29, 0.717) is 11.3 Å². The number of benzene rings is 4. The van der Waals surface area contributed by atoms with E-state index < -0.39 is 0 Å². The molecule has 0 heterocycles. The maximum Gasteiger partial charge on any atom is 0.160 e. The largest absolute Gasteiger partial charge is 0.457 e. The molecule has 0 unspecified atom stereocenters. The van der Waals surface area contributed by atoms with Gasteiger partial charge in [0, 0.05) is 5.56 Å². The Bertz CT molecular complexity index is 1100. The lowest BCUT2D eigenvalue weighted by molar-refractivity contribution is 0.101. The van der Waals surface area contributed by atoms with Crippen LogP contribution in [-0.4, -0.2) is 5.78 Å². The Kier molecular flexibility index (Phi) is 5.39. The summed E-state index contributed by atoms with van der Waals surface area (Å²) in [6, 6.07) is 32.5. The zero-order chi connectivity index (χ0) is 20.1. The topological polar surface area (TPSA) is 35.5 Å². The summed E-state index contributed by atoms with van der Waals surface area (Å²) in [5.74, 6) is 2.88. The van der Waals surface area contributed by atoms with Crippen LogP contribution in [0.1, 0.15) is 17.3 Å². The van der Waals surface area contributed by atoms with Gasteiger partial charge >= 0.3 is 0 Å². The van der Waals surface area contributed by atoms with Crippen LogP contribution in [0.3, 0.4) is 0 Å². The molecule has 0 saturated carbocycles. The molecule has 3 nitrogen and oxygen atoms in total. The molecule has 4 aromatic carbocycles. The van der Waals surface area contributed by atoms with Gasteiger partial charge in [0.1, 0.15) is 23.0 Å². The monoisotopic (exact) mass is 380 g/mol. The first-order chi connectivity index (χ1) is 14.2. The van der Waals surface area contributed by atoms with E-state index >= 15 is 0 Å². The van der Waals surface area contributed by atoms with E-state index in [1.165, 1.54) is 0 Å². The van der Waals surface area contributed by atoms with Gasteiger partial charge < -0.3 is 9.47 Å². The molecule has 0 bridgehead atoms. The van der Waals surface area contributed by atoms with E-state index in [-0.39, 0.29) is 5.78 Å². The van der Waals surface area contributed by atoms with Crippen LogP contribution in [-0.2, 0) is 0 Å². The van der Waals surface area contributed by atoms with Crippen LogP contribution in [0.2, 0.25) is 0 Å². The Balaban J connectivity index is 1.59. The van der Waals surface area contributed by atoms with Gasteiger partial charge in [0.25, 0.3) is 0 Å². The molecule has 29 heavy (non-hydrogen) atoms. The molecule has 0 atom stereocenters. The highest BCUT2D eigenvalue weighted by Crippen LogP contribution is 2.32. The second kappa shape index (κ2) is 8.44. The van der Waals surface area contributed by atoms with Crippen LogP contribution in [0.5, 0.6) is 23.0 Å². The van der Waals surface area contributed by atoms with Gasteiger partial charge in [0.2, 0.25) is 0 Å². The van der Waals surface area contributed by atoms with Crippen molar-refractivity contribution >= 4 is 5.78 Å². The standard InChI is InChI=1S/C26H20O3/c1-19(27)26-18-24(29-22-10-6-3-7-11-22)16-17-25(26)20-12-14-23(15-13-20)28-21-8-4-2-5-9-21/h2-18H,1H3. The Hall–Kier alpha value is -3.85. The molecular formula is C26H20O3. The summed E-state index contributed by atoms with van der Waals surface area (Å²) in [7, 11) is 0. The van der Waals surface area contributed by atoms with Gasteiger partial charge in [-0.3, -0.25) is 4.79 Å². The first kappa shape index (κ1) is 18.5. The lowest BCUT2D eigenvalue weighted by Gasteiger charge is -2.12. The van der Waals surface area contributed by atoms with Crippen molar-refractivity contribution in [3.8, 4) is 34.1 Å². The molecule has 0 aliphatic rings. The minimum atomic E-state index is -0.0110. The second-order valence-corrected chi connectivity index (χ2v) is 6.62. The summed E-state index contributed by atoms with van der Waals surface area (Å²) in [4.78, 5) is 12.3. The van der Waals surface area contributed by atoms with Crippen molar-refractivity contribution in [1.82, 2.24) is 0 Å². The number of hydrogen-bond acceptors (Lipinski definition) is 3. The third-order valence-electron chi connectivity index (χ3n) is 4.49. The SMILES string of the molecule is CC(=O)c1cc(Oc2ccccc2)ccc1-c1ccc(Oc2ccccc2)cc1. The highest BCUT2D eigenvalue weighted by atomic mass is 16.5. The molecule has 0 aromatic heterocycles. The lowest BCUT2D eigenvalue weighted by atomic mass is 9.97. The normalized spacial score (nSPS) is 10.4. The predicted molar refractivity (Wildman–Crippen MR) is 115 cm³/mol. The zero-order valence-electron chi connectivity index (χ0n) is 16.0. The van der Waals surface area contributed by atoms with Gasteiger partial charge in [0.05, 0.1) is 0 Å². The molecule has 3 heteroatoms. The Morgan fingerprint density at radius 2 is 1.07 bits per heavy atom. The minimum absolute atomic E-state index is 0.0110. The number of ether oxygens (including phenoxy) is 2. The number of ketones is 1. The summed E-state index contributed by atoms with van der Waals surface area (Å²) >= 11 is 0. The van der Waals surface area contributed by atoms with E-state index in [0.717, 1.165) is 28.4 Å². The molecule has 0 radical (unpaired) electrons. The fourth-order valence-corrected chi connectivity index (χ4v) is 3.08. The third-order valence-corrected chi connectivity index (χ3v) is 4.49. The van der Waals surface area contributed by atoms with Crippen molar-refractivity contribution in [1.29, 1.82) is 0 Å². The zero-order valence-corrected chi connectivity index (χ0v) is 16.0. The van der Waals surface area contributed by atoms with Crippen LogP contribution < -0.4 is 9.47 Å². The van der Waals surface area contributed by atoms with Gasteiger partial charge in [-0.1, -0.05) is 48.5 Å². The van der Waals surface area contributed by atoms with Crippen molar-refractivity contribution in [2.24, 2.45) is 0 Å².